The lowest BCUT2D eigenvalue weighted by Gasteiger charge is -2.13. The van der Waals surface area contributed by atoms with Gasteiger partial charge in [-0.15, -0.1) is 0 Å². The first kappa shape index (κ1) is 17.7. The summed E-state index contributed by atoms with van der Waals surface area (Å²) < 4.78 is 25.0. The standard InChI is InChI=1S/C19H20N4O3S/c1-12-17-15(19(24)20-14-8-9-27(25,26)11-14)10-16(13-6-4-3-5-7-13)21-18(17)23(2)22-12/h3-7,10,14H,8-9,11H2,1-2H3,(H,20,24). The first-order valence-electron chi connectivity index (χ1n) is 8.75. The molecule has 7 nitrogen and oxygen atoms in total. The maximum atomic E-state index is 13.0. The number of pyridine rings is 1. The Hall–Kier alpha value is -2.74. The summed E-state index contributed by atoms with van der Waals surface area (Å²) in [5.74, 6) is -0.187. The third-order valence-corrected chi connectivity index (χ3v) is 6.62. The average molecular weight is 384 g/mol. The lowest BCUT2D eigenvalue weighted by molar-refractivity contribution is 0.0942. The first-order valence-corrected chi connectivity index (χ1v) is 10.6. The minimum Gasteiger partial charge on any atom is -0.348 e. The Labute approximate surface area is 157 Å². The molecule has 1 saturated heterocycles. The third kappa shape index (κ3) is 3.32. The molecule has 4 rings (SSSR count). The van der Waals surface area contributed by atoms with Crippen molar-refractivity contribution < 1.29 is 13.2 Å². The molecule has 1 unspecified atom stereocenters. The van der Waals surface area contributed by atoms with Crippen molar-refractivity contribution in [2.24, 2.45) is 7.05 Å². The van der Waals surface area contributed by atoms with Gasteiger partial charge in [-0.3, -0.25) is 9.48 Å². The molecule has 0 bridgehead atoms. The summed E-state index contributed by atoms with van der Waals surface area (Å²) in [7, 11) is -1.27. The van der Waals surface area contributed by atoms with Crippen LogP contribution in [0.25, 0.3) is 22.3 Å². The summed E-state index contributed by atoms with van der Waals surface area (Å²) in [6.07, 6.45) is 0.444. The fraction of sp³-hybridized carbons (Fsp3) is 0.316. The number of hydrogen-bond acceptors (Lipinski definition) is 5. The predicted molar refractivity (Wildman–Crippen MR) is 103 cm³/mol. The lowest BCUT2D eigenvalue weighted by Crippen LogP contribution is -2.35. The second-order valence-corrected chi connectivity index (χ2v) is 9.13. The molecule has 8 heteroatoms. The van der Waals surface area contributed by atoms with Crippen LogP contribution in [0.3, 0.4) is 0 Å². The van der Waals surface area contributed by atoms with Gasteiger partial charge >= 0.3 is 0 Å². The number of fused-ring (bicyclic) bond motifs is 1. The van der Waals surface area contributed by atoms with Gasteiger partial charge in [0, 0.05) is 18.7 Å². The van der Waals surface area contributed by atoms with Crippen molar-refractivity contribution in [3.05, 3.63) is 47.7 Å². The van der Waals surface area contributed by atoms with Crippen molar-refractivity contribution >= 4 is 26.8 Å². The molecule has 140 valence electrons. The number of hydrogen-bond donors (Lipinski definition) is 1. The maximum absolute atomic E-state index is 13.0. The number of aromatic nitrogens is 3. The molecule has 3 aromatic rings. The summed E-state index contributed by atoms with van der Waals surface area (Å²) in [5.41, 5.74) is 3.38. The predicted octanol–water partition coefficient (Wildman–Crippen LogP) is 1.86. The quantitative estimate of drug-likeness (QED) is 0.744. The average Bonchev–Trinajstić information content (AvgIpc) is 3.13. The molecule has 1 aliphatic rings. The van der Waals surface area contributed by atoms with Gasteiger partial charge in [-0.1, -0.05) is 30.3 Å². The Kier molecular flexibility index (Phi) is 4.22. The number of carbonyl (C=O) groups is 1. The number of sulfone groups is 1. The first-order chi connectivity index (χ1) is 12.8. The molecule has 1 atom stereocenters. The van der Waals surface area contributed by atoms with E-state index >= 15 is 0 Å². The van der Waals surface area contributed by atoms with Gasteiger partial charge in [-0.05, 0) is 19.4 Å². The molecule has 1 N–H and O–H groups in total. The normalized spacial score (nSPS) is 18.7. The van der Waals surface area contributed by atoms with Crippen LogP contribution >= 0.6 is 0 Å². The van der Waals surface area contributed by atoms with E-state index in [9.17, 15) is 13.2 Å². The van der Waals surface area contributed by atoms with Crippen LogP contribution in [0, 0.1) is 6.92 Å². The topological polar surface area (TPSA) is 93.9 Å². The van der Waals surface area contributed by atoms with Gasteiger partial charge in [0.25, 0.3) is 5.91 Å². The van der Waals surface area contributed by atoms with E-state index in [0.29, 0.717) is 34.4 Å². The fourth-order valence-corrected chi connectivity index (χ4v) is 5.23. The van der Waals surface area contributed by atoms with Gasteiger partial charge < -0.3 is 5.32 Å². The molecule has 1 aliphatic heterocycles. The number of amides is 1. The number of benzene rings is 1. The van der Waals surface area contributed by atoms with Gasteiger partial charge in [0.05, 0.1) is 33.8 Å². The van der Waals surface area contributed by atoms with E-state index < -0.39 is 9.84 Å². The summed E-state index contributed by atoms with van der Waals surface area (Å²) in [4.78, 5) is 17.7. The van der Waals surface area contributed by atoms with Crippen LogP contribution < -0.4 is 5.32 Å². The van der Waals surface area contributed by atoms with E-state index in [2.05, 4.69) is 15.4 Å². The van der Waals surface area contributed by atoms with Crippen molar-refractivity contribution in [1.29, 1.82) is 0 Å². The number of nitrogens with zero attached hydrogens (tertiary/aromatic N) is 3. The van der Waals surface area contributed by atoms with Crippen molar-refractivity contribution in [1.82, 2.24) is 20.1 Å². The summed E-state index contributed by atoms with van der Waals surface area (Å²) in [6, 6.07) is 11.0. The monoisotopic (exact) mass is 384 g/mol. The van der Waals surface area contributed by atoms with E-state index in [4.69, 9.17) is 0 Å². The Morgan fingerprint density at radius 3 is 2.67 bits per heavy atom. The molecule has 1 amide bonds. The van der Waals surface area contributed by atoms with Gasteiger partial charge in [0.1, 0.15) is 0 Å². The number of carbonyl (C=O) groups excluding carboxylic acids is 1. The van der Waals surface area contributed by atoms with Gasteiger partial charge in [-0.2, -0.15) is 5.10 Å². The van der Waals surface area contributed by atoms with Crippen molar-refractivity contribution in [2.75, 3.05) is 11.5 Å². The molecule has 1 fully saturated rings. The molecule has 3 heterocycles. The highest BCUT2D eigenvalue weighted by Gasteiger charge is 2.30. The molecule has 0 aliphatic carbocycles. The summed E-state index contributed by atoms with van der Waals surface area (Å²) >= 11 is 0. The van der Waals surface area contributed by atoms with Gasteiger partial charge in [-0.25, -0.2) is 13.4 Å². The molecule has 0 radical (unpaired) electrons. The van der Waals surface area contributed by atoms with Crippen LogP contribution in [0.5, 0.6) is 0 Å². The SMILES string of the molecule is Cc1nn(C)c2nc(-c3ccccc3)cc(C(=O)NC3CCS(=O)(=O)C3)c12. The Morgan fingerprint density at radius 2 is 2.00 bits per heavy atom. The van der Waals surface area contributed by atoms with Crippen LogP contribution in [0.1, 0.15) is 22.5 Å². The van der Waals surface area contributed by atoms with Crippen molar-refractivity contribution in [3.8, 4) is 11.3 Å². The molecule has 27 heavy (non-hydrogen) atoms. The highest BCUT2D eigenvalue weighted by Crippen LogP contribution is 2.27. The second kappa shape index (κ2) is 6.45. The third-order valence-electron chi connectivity index (χ3n) is 4.85. The highest BCUT2D eigenvalue weighted by atomic mass is 32.2. The molecule has 0 saturated carbocycles. The lowest BCUT2D eigenvalue weighted by atomic mass is 10.0. The zero-order chi connectivity index (χ0) is 19.2. The Morgan fingerprint density at radius 1 is 1.26 bits per heavy atom. The molecular formula is C19H20N4O3S. The van der Waals surface area contributed by atoms with Gasteiger partial charge in [0.2, 0.25) is 0 Å². The molecule has 0 spiro atoms. The zero-order valence-corrected chi connectivity index (χ0v) is 16.0. The Bertz CT molecular complexity index is 1140. The van der Waals surface area contributed by atoms with Crippen LogP contribution in [-0.4, -0.2) is 46.6 Å². The van der Waals surface area contributed by atoms with Crippen molar-refractivity contribution in [2.45, 2.75) is 19.4 Å². The van der Waals surface area contributed by atoms with E-state index in [1.54, 1.807) is 17.8 Å². The minimum atomic E-state index is -3.06. The second-order valence-electron chi connectivity index (χ2n) is 6.90. The summed E-state index contributed by atoms with van der Waals surface area (Å²) in [5, 5.41) is 7.97. The Balaban J connectivity index is 1.79. The minimum absolute atomic E-state index is 0.00939. The van der Waals surface area contributed by atoms with Crippen molar-refractivity contribution in [3.63, 3.8) is 0 Å². The van der Waals surface area contributed by atoms with E-state index in [1.165, 1.54) is 0 Å². The number of nitrogens with one attached hydrogen (secondary N) is 1. The molecular weight excluding hydrogens is 364 g/mol. The van der Waals surface area contributed by atoms with E-state index in [1.807, 2.05) is 37.3 Å². The molecule has 2 aromatic heterocycles. The van der Waals surface area contributed by atoms with E-state index in [0.717, 1.165) is 5.56 Å². The molecule has 1 aromatic carbocycles. The van der Waals surface area contributed by atoms with Gasteiger partial charge in [0.15, 0.2) is 15.5 Å². The van der Waals surface area contributed by atoms with Crippen LogP contribution in [-0.2, 0) is 16.9 Å². The largest absolute Gasteiger partial charge is 0.348 e. The fourth-order valence-electron chi connectivity index (χ4n) is 3.55. The number of rotatable bonds is 3. The van der Waals surface area contributed by atoms with E-state index in [-0.39, 0.29) is 23.5 Å². The summed E-state index contributed by atoms with van der Waals surface area (Å²) in [6.45, 7) is 1.84. The smallest absolute Gasteiger partial charge is 0.252 e. The zero-order valence-electron chi connectivity index (χ0n) is 15.1. The van der Waals surface area contributed by atoms with Crippen LogP contribution in [0.2, 0.25) is 0 Å². The highest BCUT2D eigenvalue weighted by molar-refractivity contribution is 7.91. The van der Waals surface area contributed by atoms with Crippen LogP contribution in [0.4, 0.5) is 0 Å². The van der Waals surface area contributed by atoms with Crippen LogP contribution in [0.15, 0.2) is 36.4 Å². The number of aryl methyl sites for hydroxylation is 2. The maximum Gasteiger partial charge on any atom is 0.252 e.